The van der Waals surface area contributed by atoms with Crippen molar-refractivity contribution in [3.8, 4) is 22.6 Å². The van der Waals surface area contributed by atoms with E-state index in [0.717, 1.165) is 59.5 Å². The monoisotopic (exact) mass is 803 g/mol. The van der Waals surface area contributed by atoms with E-state index in [-0.39, 0.29) is 11.1 Å². The summed E-state index contributed by atoms with van der Waals surface area (Å²) < 4.78 is 0. The molecule has 0 saturated carbocycles. The molecule has 0 unspecified atom stereocenters. The fourth-order valence-electron chi connectivity index (χ4n) is 6.29. The fraction of sp³-hybridized carbons (Fsp3) is 0. The van der Waals surface area contributed by atoms with Crippen LogP contribution < -0.4 is 4.90 Å². The lowest BCUT2D eigenvalue weighted by Gasteiger charge is -2.26. The van der Waals surface area contributed by atoms with Crippen LogP contribution in [0.3, 0.4) is 0 Å². The van der Waals surface area contributed by atoms with Crippen LogP contribution >= 0.6 is 22.7 Å². The van der Waals surface area contributed by atoms with Gasteiger partial charge in [-0.3, -0.25) is 0 Å². The number of aliphatic carboxylic acids is 2. The highest BCUT2D eigenvalue weighted by molar-refractivity contribution is 7.16. The van der Waals surface area contributed by atoms with Crippen molar-refractivity contribution in [3.05, 3.63) is 206 Å². The normalized spacial score (nSPS) is 11.4. The number of carbonyl (C=O) groups is 2. The predicted octanol–water partition coefficient (Wildman–Crippen LogP) is 12.7. The summed E-state index contributed by atoms with van der Waals surface area (Å²) in [7, 11) is 0. The van der Waals surface area contributed by atoms with Gasteiger partial charge >= 0.3 is 11.9 Å². The van der Waals surface area contributed by atoms with Crippen molar-refractivity contribution >= 4 is 87.6 Å². The topological polar surface area (TPSA) is 125 Å². The number of carboxylic acid groups (broad SMARTS) is 2. The van der Waals surface area contributed by atoms with Crippen molar-refractivity contribution in [3.63, 3.8) is 0 Å². The third-order valence-corrected chi connectivity index (χ3v) is 11.3. The summed E-state index contributed by atoms with van der Waals surface area (Å²) in [4.78, 5) is 28.6. The molecule has 0 saturated heterocycles. The van der Waals surface area contributed by atoms with E-state index < -0.39 is 11.9 Å². The maximum atomic E-state index is 11.5. The molecule has 284 valence electrons. The van der Waals surface area contributed by atoms with E-state index in [1.165, 1.54) is 23.5 Å². The van der Waals surface area contributed by atoms with Gasteiger partial charge < -0.3 is 15.1 Å². The van der Waals surface area contributed by atoms with Gasteiger partial charge in [0, 0.05) is 36.6 Å². The smallest absolute Gasteiger partial charge is 0.346 e. The second kappa shape index (κ2) is 18.4. The second-order valence-electron chi connectivity index (χ2n) is 13.1. The molecule has 0 aliphatic carbocycles. The number of nitriles is 2. The standard InChI is InChI=1S/C50H33N3O4S2/c51-32-39(49(54)55)29-34-11-17-41(18-12-34)53(42-19-13-35(14-20-42)30-47(36-7-3-1-4-8-36)37-9-5-2-6-10-37)43-21-15-38(16-22-43)48-28-27-45(59-48)24-23-44-25-26-46(58-44)31-40(33-52)50(56)57/h1-31H,(H,54,55)(H,56,57)/b24-23+,39-29+,40-31+. The average molecular weight is 804 g/mol. The molecule has 0 spiro atoms. The molecule has 0 aliphatic heterocycles. The van der Waals surface area contributed by atoms with Crippen LogP contribution in [0.25, 0.3) is 46.4 Å². The maximum absolute atomic E-state index is 11.5. The minimum atomic E-state index is -1.27. The molecule has 0 atom stereocenters. The molecule has 5 aromatic carbocycles. The lowest BCUT2D eigenvalue weighted by molar-refractivity contribution is -0.133. The third kappa shape index (κ3) is 9.77. The van der Waals surface area contributed by atoms with Crippen molar-refractivity contribution in [1.82, 2.24) is 0 Å². The Morgan fingerprint density at radius 1 is 0.492 bits per heavy atom. The summed E-state index contributed by atoms with van der Waals surface area (Å²) in [5.74, 6) is -2.52. The highest BCUT2D eigenvalue weighted by Crippen LogP contribution is 2.38. The number of benzene rings is 5. The highest BCUT2D eigenvalue weighted by atomic mass is 32.1. The van der Waals surface area contributed by atoms with Crippen molar-refractivity contribution in [1.29, 1.82) is 10.5 Å². The van der Waals surface area contributed by atoms with Gasteiger partial charge in [0.2, 0.25) is 0 Å². The zero-order valence-corrected chi connectivity index (χ0v) is 32.9. The molecule has 0 aliphatic rings. The first-order chi connectivity index (χ1) is 28.8. The summed E-state index contributed by atoms with van der Waals surface area (Å²) in [6, 6.07) is 56.0. The molecule has 7 aromatic rings. The summed E-state index contributed by atoms with van der Waals surface area (Å²) in [6.07, 6.45) is 8.91. The lowest BCUT2D eigenvalue weighted by Crippen LogP contribution is -2.09. The van der Waals surface area contributed by atoms with Gasteiger partial charge in [-0.15, -0.1) is 22.7 Å². The van der Waals surface area contributed by atoms with Gasteiger partial charge in [-0.05, 0) is 124 Å². The van der Waals surface area contributed by atoms with Gasteiger partial charge in [0.05, 0.1) is 0 Å². The Labute approximate surface area is 349 Å². The first-order valence-electron chi connectivity index (χ1n) is 18.3. The molecule has 0 radical (unpaired) electrons. The zero-order valence-electron chi connectivity index (χ0n) is 31.3. The summed E-state index contributed by atoms with van der Waals surface area (Å²) in [6.45, 7) is 0. The van der Waals surface area contributed by atoms with Gasteiger partial charge in [-0.25, -0.2) is 9.59 Å². The van der Waals surface area contributed by atoms with E-state index in [9.17, 15) is 20.0 Å². The number of anilines is 3. The first kappa shape index (κ1) is 39.4. The number of carboxylic acids is 2. The van der Waals surface area contributed by atoms with E-state index in [1.807, 2.05) is 66.7 Å². The van der Waals surface area contributed by atoms with E-state index >= 15 is 0 Å². The van der Waals surface area contributed by atoms with E-state index in [2.05, 4.69) is 95.9 Å². The van der Waals surface area contributed by atoms with Crippen molar-refractivity contribution in [2.45, 2.75) is 0 Å². The van der Waals surface area contributed by atoms with Crippen LogP contribution in [0.4, 0.5) is 17.1 Å². The Bertz CT molecular complexity index is 2780. The molecule has 7 nitrogen and oxygen atoms in total. The molecule has 2 heterocycles. The van der Waals surface area contributed by atoms with Gasteiger partial charge in [-0.2, -0.15) is 10.5 Å². The molecule has 9 heteroatoms. The molecular weight excluding hydrogens is 771 g/mol. The predicted molar refractivity (Wildman–Crippen MR) is 240 cm³/mol. The van der Waals surface area contributed by atoms with Crippen LogP contribution in [0.2, 0.25) is 0 Å². The number of hydrogen-bond donors (Lipinski definition) is 2. The molecule has 0 fully saturated rings. The maximum Gasteiger partial charge on any atom is 0.346 e. The van der Waals surface area contributed by atoms with Gasteiger partial charge in [0.1, 0.15) is 23.3 Å². The molecule has 2 aromatic heterocycles. The minimum Gasteiger partial charge on any atom is -0.477 e. The van der Waals surface area contributed by atoms with Crippen LogP contribution in [0.15, 0.2) is 169 Å². The number of hydrogen-bond acceptors (Lipinski definition) is 7. The lowest BCUT2D eigenvalue weighted by atomic mass is 9.95. The Kier molecular flexibility index (Phi) is 12.3. The third-order valence-electron chi connectivity index (χ3n) is 9.18. The second-order valence-corrected chi connectivity index (χ2v) is 15.3. The van der Waals surface area contributed by atoms with E-state index in [4.69, 9.17) is 10.4 Å². The molecular formula is C50H33N3O4S2. The average Bonchev–Trinajstić information content (AvgIpc) is 3.95. The largest absolute Gasteiger partial charge is 0.477 e. The van der Waals surface area contributed by atoms with Crippen LogP contribution in [-0.4, -0.2) is 22.2 Å². The van der Waals surface area contributed by atoms with Crippen molar-refractivity contribution in [2.24, 2.45) is 0 Å². The zero-order chi connectivity index (χ0) is 41.1. The Morgan fingerprint density at radius 2 is 0.932 bits per heavy atom. The highest BCUT2D eigenvalue weighted by Gasteiger charge is 2.15. The van der Waals surface area contributed by atoms with Crippen LogP contribution in [-0.2, 0) is 9.59 Å². The summed E-state index contributed by atoms with van der Waals surface area (Å²) in [5.41, 5.74) is 8.08. The molecule has 0 amide bonds. The van der Waals surface area contributed by atoms with Crippen molar-refractivity contribution < 1.29 is 19.8 Å². The van der Waals surface area contributed by atoms with Gasteiger partial charge in [0.15, 0.2) is 0 Å². The summed E-state index contributed by atoms with van der Waals surface area (Å²) >= 11 is 3.05. The molecule has 59 heavy (non-hydrogen) atoms. The van der Waals surface area contributed by atoms with Crippen LogP contribution in [0.5, 0.6) is 0 Å². The van der Waals surface area contributed by atoms with Crippen molar-refractivity contribution in [2.75, 3.05) is 4.90 Å². The van der Waals surface area contributed by atoms with E-state index in [0.29, 0.717) is 10.4 Å². The number of nitrogens with zero attached hydrogens (tertiary/aromatic N) is 3. The minimum absolute atomic E-state index is 0.305. The number of rotatable bonds is 13. The Hall–Kier alpha value is -7.82. The molecule has 0 bridgehead atoms. The quantitative estimate of drug-likeness (QED) is 0.0675. The molecule has 7 rings (SSSR count). The summed E-state index contributed by atoms with van der Waals surface area (Å²) in [5, 5.41) is 36.9. The first-order valence-corrected chi connectivity index (χ1v) is 19.9. The van der Waals surface area contributed by atoms with Gasteiger partial charge in [0.25, 0.3) is 0 Å². The molecule has 2 N–H and O–H groups in total. The van der Waals surface area contributed by atoms with E-state index in [1.54, 1.807) is 41.7 Å². The SMILES string of the molecule is N#C/C(=C\c1ccc(N(c2ccc(C=C(c3ccccc3)c3ccccc3)cc2)c2ccc(-c3ccc(/C=C/c4ccc(/C=C(\C#N)C(=O)O)s4)s3)cc2)cc1)C(=O)O. The van der Waals surface area contributed by atoms with Crippen LogP contribution in [0, 0.1) is 22.7 Å². The number of thiophene rings is 2. The van der Waals surface area contributed by atoms with Gasteiger partial charge in [-0.1, -0.05) is 97.1 Å². The Balaban J connectivity index is 1.18. The fourth-order valence-corrected chi connectivity index (χ4v) is 8.06. The Morgan fingerprint density at radius 3 is 1.44 bits per heavy atom. The van der Waals surface area contributed by atoms with Crippen LogP contribution in [0.1, 0.15) is 36.9 Å².